The van der Waals surface area contributed by atoms with E-state index in [9.17, 15) is 4.39 Å². The van der Waals surface area contributed by atoms with Crippen molar-refractivity contribution in [2.24, 2.45) is 0 Å². The largest absolute Gasteiger partial charge is 0.487 e. The molecule has 1 N–H and O–H groups in total. The van der Waals surface area contributed by atoms with Gasteiger partial charge in [0.2, 0.25) is 0 Å². The lowest BCUT2D eigenvalue weighted by atomic mass is 10.2. The molecule has 0 unspecified atom stereocenters. The van der Waals surface area contributed by atoms with Gasteiger partial charge in [0.15, 0.2) is 0 Å². The molecule has 0 spiro atoms. The number of nitrogens with one attached hydrogen (secondary N) is 1. The summed E-state index contributed by atoms with van der Waals surface area (Å²) in [6, 6.07) is 5.07. The second-order valence-electron chi connectivity index (χ2n) is 5.00. The summed E-state index contributed by atoms with van der Waals surface area (Å²) in [6.07, 6.45) is 3.55. The van der Waals surface area contributed by atoms with E-state index in [1.54, 1.807) is 12.5 Å². The van der Waals surface area contributed by atoms with Crippen LogP contribution in [-0.2, 0) is 13.2 Å². The van der Waals surface area contributed by atoms with Gasteiger partial charge in [-0.05, 0) is 38.6 Å². The van der Waals surface area contributed by atoms with Gasteiger partial charge in [-0.2, -0.15) is 0 Å². The number of benzene rings is 1. The molecule has 0 atom stereocenters. The Kier molecular flexibility index (Phi) is 4.74. The number of imidazole rings is 1. The van der Waals surface area contributed by atoms with Gasteiger partial charge in [-0.3, -0.25) is 0 Å². The fourth-order valence-corrected chi connectivity index (χ4v) is 2.08. The van der Waals surface area contributed by atoms with Gasteiger partial charge in [-0.25, -0.2) is 9.37 Å². The third-order valence-corrected chi connectivity index (χ3v) is 3.00. The number of aromatic nitrogens is 2. The molecule has 5 heteroatoms. The van der Waals surface area contributed by atoms with Gasteiger partial charge in [0.1, 0.15) is 18.2 Å². The first-order valence-electron chi connectivity index (χ1n) is 6.67. The minimum Gasteiger partial charge on any atom is -0.487 e. The maximum Gasteiger partial charge on any atom is 0.130 e. The number of halogens is 1. The summed E-state index contributed by atoms with van der Waals surface area (Å²) in [5.41, 5.74) is 1.83. The van der Waals surface area contributed by atoms with Crippen LogP contribution in [0.1, 0.15) is 31.1 Å². The predicted octanol–water partition coefficient (Wildman–Crippen LogP) is 2.90. The Hall–Kier alpha value is -1.88. The quantitative estimate of drug-likeness (QED) is 0.882. The molecule has 0 aliphatic rings. The van der Waals surface area contributed by atoms with E-state index in [4.69, 9.17) is 4.74 Å². The summed E-state index contributed by atoms with van der Waals surface area (Å²) < 4.78 is 21.2. The predicted molar refractivity (Wildman–Crippen MR) is 76.1 cm³/mol. The zero-order chi connectivity index (χ0) is 14.5. The molecule has 0 saturated heterocycles. The molecule has 0 bridgehead atoms. The summed E-state index contributed by atoms with van der Waals surface area (Å²) in [6.45, 7) is 5.15. The second-order valence-corrected chi connectivity index (χ2v) is 5.00. The average Bonchev–Trinajstić information content (AvgIpc) is 2.84. The molecule has 0 aliphatic carbocycles. The minimum atomic E-state index is -0.287. The maximum absolute atomic E-state index is 13.5. The van der Waals surface area contributed by atoms with Crippen LogP contribution < -0.4 is 10.1 Å². The standard InChI is InChI=1S/C15H20FN3O/c1-11(2)19-10-18-8-14(19)9-20-15-5-12(7-17-3)4-13(16)6-15/h4-6,8,10-11,17H,7,9H2,1-3H3. The van der Waals surface area contributed by atoms with E-state index >= 15 is 0 Å². The first kappa shape index (κ1) is 14.5. The highest BCUT2D eigenvalue weighted by Gasteiger charge is 2.07. The highest BCUT2D eigenvalue weighted by molar-refractivity contribution is 5.29. The molecular weight excluding hydrogens is 257 g/mol. The molecule has 1 heterocycles. The zero-order valence-corrected chi connectivity index (χ0v) is 12.1. The van der Waals surface area contributed by atoms with E-state index in [2.05, 4.69) is 24.1 Å². The van der Waals surface area contributed by atoms with Gasteiger partial charge in [0.05, 0.1) is 18.2 Å². The Bertz CT molecular complexity index is 566. The van der Waals surface area contributed by atoms with E-state index in [-0.39, 0.29) is 5.82 Å². The van der Waals surface area contributed by atoms with E-state index in [0.29, 0.717) is 24.9 Å². The molecule has 0 fully saturated rings. The Balaban J connectivity index is 2.08. The molecule has 4 nitrogen and oxygen atoms in total. The highest BCUT2D eigenvalue weighted by atomic mass is 19.1. The fraction of sp³-hybridized carbons (Fsp3) is 0.400. The minimum absolute atomic E-state index is 0.287. The molecule has 0 saturated carbocycles. The van der Waals surface area contributed by atoms with Crippen LogP contribution in [0.4, 0.5) is 4.39 Å². The van der Waals surface area contributed by atoms with Crippen molar-refractivity contribution < 1.29 is 9.13 Å². The molecule has 1 aromatic carbocycles. The fourth-order valence-electron chi connectivity index (χ4n) is 2.08. The summed E-state index contributed by atoms with van der Waals surface area (Å²) >= 11 is 0. The van der Waals surface area contributed by atoms with E-state index in [1.165, 1.54) is 12.1 Å². The lowest BCUT2D eigenvalue weighted by molar-refractivity contribution is 0.290. The van der Waals surface area contributed by atoms with Crippen molar-refractivity contribution in [3.05, 3.63) is 47.8 Å². The number of rotatable bonds is 6. The smallest absolute Gasteiger partial charge is 0.130 e. The molecule has 0 amide bonds. The number of hydrogen-bond donors (Lipinski definition) is 1. The molecule has 20 heavy (non-hydrogen) atoms. The van der Waals surface area contributed by atoms with Gasteiger partial charge in [-0.15, -0.1) is 0 Å². The highest BCUT2D eigenvalue weighted by Crippen LogP contribution is 2.18. The van der Waals surface area contributed by atoms with Gasteiger partial charge < -0.3 is 14.6 Å². The van der Waals surface area contributed by atoms with E-state index in [0.717, 1.165) is 11.3 Å². The monoisotopic (exact) mass is 277 g/mol. The van der Waals surface area contributed by atoms with Crippen LogP contribution in [0.5, 0.6) is 5.75 Å². The SMILES string of the molecule is CNCc1cc(F)cc(OCc2cncn2C(C)C)c1. The lowest BCUT2D eigenvalue weighted by Crippen LogP contribution is -2.08. The molecule has 0 aliphatic heterocycles. The van der Waals surface area contributed by atoms with Gasteiger partial charge in [-0.1, -0.05) is 0 Å². The third-order valence-electron chi connectivity index (χ3n) is 3.00. The van der Waals surface area contributed by atoms with Gasteiger partial charge in [0, 0.05) is 18.7 Å². The Morgan fingerprint density at radius 3 is 2.85 bits per heavy atom. The number of ether oxygens (including phenoxy) is 1. The molecular formula is C15H20FN3O. The Labute approximate surface area is 118 Å². The van der Waals surface area contributed by atoms with Crippen molar-refractivity contribution in [2.45, 2.75) is 33.0 Å². The van der Waals surface area contributed by atoms with Crippen molar-refractivity contribution in [2.75, 3.05) is 7.05 Å². The zero-order valence-electron chi connectivity index (χ0n) is 12.1. The van der Waals surface area contributed by atoms with Gasteiger partial charge in [0.25, 0.3) is 0 Å². The van der Waals surface area contributed by atoms with Crippen LogP contribution in [0.25, 0.3) is 0 Å². The van der Waals surface area contributed by atoms with Crippen molar-refractivity contribution >= 4 is 0 Å². The van der Waals surface area contributed by atoms with Crippen molar-refractivity contribution in [1.82, 2.24) is 14.9 Å². The molecule has 108 valence electrons. The molecule has 0 radical (unpaired) electrons. The maximum atomic E-state index is 13.5. The van der Waals surface area contributed by atoms with Crippen LogP contribution in [0.15, 0.2) is 30.7 Å². The van der Waals surface area contributed by atoms with Crippen LogP contribution in [0.3, 0.4) is 0 Å². The number of hydrogen-bond acceptors (Lipinski definition) is 3. The molecule has 2 rings (SSSR count). The van der Waals surface area contributed by atoms with Crippen molar-refractivity contribution in [3.63, 3.8) is 0 Å². The van der Waals surface area contributed by atoms with Gasteiger partial charge >= 0.3 is 0 Å². The first-order valence-corrected chi connectivity index (χ1v) is 6.67. The van der Waals surface area contributed by atoms with Crippen molar-refractivity contribution in [1.29, 1.82) is 0 Å². The topological polar surface area (TPSA) is 39.1 Å². The summed E-state index contributed by atoms with van der Waals surface area (Å²) in [5, 5.41) is 3.00. The number of nitrogens with zero attached hydrogens (tertiary/aromatic N) is 2. The van der Waals surface area contributed by atoms with Crippen molar-refractivity contribution in [3.8, 4) is 5.75 Å². The molecule has 1 aromatic heterocycles. The summed E-state index contributed by atoms with van der Waals surface area (Å²) in [4.78, 5) is 4.12. The first-order chi connectivity index (χ1) is 9.60. The van der Waals surface area contributed by atoms with Crippen LogP contribution in [0, 0.1) is 5.82 Å². The molecule has 2 aromatic rings. The normalized spacial score (nSPS) is 11.1. The van der Waals surface area contributed by atoms with Crippen LogP contribution in [-0.4, -0.2) is 16.6 Å². The second kappa shape index (κ2) is 6.52. The van der Waals surface area contributed by atoms with Crippen LogP contribution in [0.2, 0.25) is 0 Å². The summed E-state index contributed by atoms with van der Waals surface area (Å²) in [5.74, 6) is 0.247. The van der Waals surface area contributed by atoms with E-state index in [1.807, 2.05) is 17.7 Å². The average molecular weight is 277 g/mol. The van der Waals surface area contributed by atoms with Crippen LogP contribution >= 0.6 is 0 Å². The lowest BCUT2D eigenvalue weighted by Gasteiger charge is -2.13. The Morgan fingerprint density at radius 2 is 2.15 bits per heavy atom. The summed E-state index contributed by atoms with van der Waals surface area (Å²) in [7, 11) is 1.83. The third kappa shape index (κ3) is 3.57. The Morgan fingerprint density at radius 1 is 1.35 bits per heavy atom. The van der Waals surface area contributed by atoms with E-state index < -0.39 is 0 Å².